The van der Waals surface area contributed by atoms with Crippen LogP contribution < -0.4 is 5.32 Å². The molecule has 1 aromatic rings. The van der Waals surface area contributed by atoms with Crippen LogP contribution in [-0.4, -0.2) is 11.8 Å². The lowest BCUT2D eigenvalue weighted by atomic mass is 9.65. The minimum atomic E-state index is -0.247. The topological polar surface area (TPSA) is 46.2 Å². The first-order chi connectivity index (χ1) is 9.02. The number of benzene rings is 1. The van der Waals surface area contributed by atoms with Crippen LogP contribution in [0, 0.1) is 11.3 Å². The molecule has 0 aromatic heterocycles. The molecule has 0 radical (unpaired) electrons. The molecule has 1 saturated carbocycles. The highest BCUT2D eigenvalue weighted by atomic mass is 79.9. The Balaban J connectivity index is 2.07. The molecule has 2 amide bonds. The molecule has 3 nitrogen and oxygen atoms in total. The van der Waals surface area contributed by atoms with Crippen LogP contribution in [0.25, 0.3) is 0 Å². The van der Waals surface area contributed by atoms with E-state index in [0.29, 0.717) is 12.3 Å². The lowest BCUT2D eigenvalue weighted by Crippen LogP contribution is -2.50. The van der Waals surface area contributed by atoms with Crippen molar-refractivity contribution in [3.63, 3.8) is 0 Å². The third kappa shape index (κ3) is 2.12. The van der Waals surface area contributed by atoms with Gasteiger partial charge in [-0.2, -0.15) is 0 Å². The van der Waals surface area contributed by atoms with Gasteiger partial charge < -0.3 is 0 Å². The van der Waals surface area contributed by atoms with Crippen molar-refractivity contribution >= 4 is 27.7 Å². The number of hydrogen-bond acceptors (Lipinski definition) is 2. The van der Waals surface area contributed by atoms with Crippen molar-refractivity contribution in [1.29, 1.82) is 0 Å². The van der Waals surface area contributed by atoms with Gasteiger partial charge in [0.1, 0.15) is 0 Å². The smallest absolute Gasteiger partial charge is 0.234 e. The van der Waals surface area contributed by atoms with Gasteiger partial charge in [0.2, 0.25) is 11.8 Å². The predicted molar refractivity (Wildman–Crippen MR) is 75.5 cm³/mol. The number of hydrogen-bond donors (Lipinski definition) is 1. The third-order valence-electron chi connectivity index (χ3n) is 4.45. The summed E-state index contributed by atoms with van der Waals surface area (Å²) in [7, 11) is 0. The average molecular weight is 322 g/mol. The van der Waals surface area contributed by atoms with Gasteiger partial charge in [-0.3, -0.25) is 14.9 Å². The lowest BCUT2D eigenvalue weighted by molar-refractivity contribution is -0.140. The van der Waals surface area contributed by atoms with Crippen molar-refractivity contribution in [3.8, 4) is 0 Å². The highest BCUT2D eigenvalue weighted by Gasteiger charge is 2.54. The Morgan fingerprint density at radius 2 is 1.95 bits per heavy atom. The largest absolute Gasteiger partial charge is 0.296 e. The van der Waals surface area contributed by atoms with Crippen LogP contribution in [0.15, 0.2) is 28.7 Å². The SMILES string of the molecule is CC1(C2CC2)CC(=O)NC(=O)C1c1ccccc1Br. The van der Waals surface area contributed by atoms with Gasteiger partial charge in [0.15, 0.2) is 0 Å². The van der Waals surface area contributed by atoms with E-state index >= 15 is 0 Å². The Hall–Kier alpha value is -1.16. The molecule has 2 atom stereocenters. The van der Waals surface area contributed by atoms with E-state index in [1.807, 2.05) is 24.3 Å². The van der Waals surface area contributed by atoms with Crippen LogP contribution in [0.2, 0.25) is 0 Å². The Labute approximate surface area is 120 Å². The van der Waals surface area contributed by atoms with Gasteiger partial charge in [-0.1, -0.05) is 41.1 Å². The number of amides is 2. The first kappa shape index (κ1) is 12.9. The van der Waals surface area contributed by atoms with Gasteiger partial charge in [0.25, 0.3) is 0 Å². The number of imide groups is 1. The second-order valence-electron chi connectivity index (χ2n) is 5.82. The quantitative estimate of drug-likeness (QED) is 0.851. The van der Waals surface area contributed by atoms with Gasteiger partial charge in [-0.05, 0) is 35.8 Å². The molecule has 1 N–H and O–H groups in total. The minimum Gasteiger partial charge on any atom is -0.296 e. The number of carbonyl (C=O) groups is 2. The number of piperidine rings is 1. The maximum Gasteiger partial charge on any atom is 0.234 e. The van der Waals surface area contributed by atoms with E-state index < -0.39 is 0 Å². The van der Waals surface area contributed by atoms with E-state index in [1.54, 1.807) is 0 Å². The highest BCUT2D eigenvalue weighted by molar-refractivity contribution is 9.10. The molecule has 19 heavy (non-hydrogen) atoms. The van der Waals surface area contributed by atoms with E-state index in [2.05, 4.69) is 28.2 Å². The maximum absolute atomic E-state index is 12.4. The molecular formula is C15H16BrNO2. The van der Waals surface area contributed by atoms with Crippen molar-refractivity contribution in [2.75, 3.05) is 0 Å². The summed E-state index contributed by atoms with van der Waals surface area (Å²) in [6, 6.07) is 7.81. The molecule has 2 fully saturated rings. The van der Waals surface area contributed by atoms with E-state index in [0.717, 1.165) is 22.9 Å². The van der Waals surface area contributed by atoms with Gasteiger partial charge in [0.05, 0.1) is 5.92 Å². The lowest BCUT2D eigenvalue weighted by Gasteiger charge is -2.40. The minimum absolute atomic E-state index is 0.136. The molecule has 3 rings (SSSR count). The van der Waals surface area contributed by atoms with E-state index in [1.165, 1.54) is 0 Å². The van der Waals surface area contributed by atoms with E-state index in [9.17, 15) is 9.59 Å². The monoisotopic (exact) mass is 321 g/mol. The Morgan fingerprint density at radius 1 is 1.26 bits per heavy atom. The second kappa shape index (κ2) is 4.44. The Morgan fingerprint density at radius 3 is 2.58 bits per heavy atom. The van der Waals surface area contributed by atoms with Crippen molar-refractivity contribution in [1.82, 2.24) is 5.32 Å². The normalized spacial score (nSPS) is 31.2. The molecule has 1 aromatic carbocycles. The third-order valence-corrected chi connectivity index (χ3v) is 5.17. The zero-order valence-electron chi connectivity index (χ0n) is 10.8. The number of halogens is 1. The molecule has 1 aliphatic carbocycles. The molecule has 4 heteroatoms. The summed E-state index contributed by atoms with van der Waals surface area (Å²) in [6.07, 6.45) is 2.69. The molecule has 100 valence electrons. The van der Waals surface area contributed by atoms with Crippen molar-refractivity contribution in [2.24, 2.45) is 11.3 Å². The summed E-state index contributed by atoms with van der Waals surface area (Å²) in [5, 5.41) is 2.49. The van der Waals surface area contributed by atoms with Gasteiger partial charge in [-0.15, -0.1) is 0 Å². The first-order valence-electron chi connectivity index (χ1n) is 6.60. The molecular weight excluding hydrogens is 306 g/mol. The number of rotatable bonds is 2. The first-order valence-corrected chi connectivity index (χ1v) is 7.40. The fraction of sp³-hybridized carbons (Fsp3) is 0.467. The summed E-state index contributed by atoms with van der Waals surface area (Å²) < 4.78 is 0.941. The maximum atomic E-state index is 12.4. The van der Waals surface area contributed by atoms with Crippen LogP contribution in [0.4, 0.5) is 0 Å². The number of carbonyl (C=O) groups excluding carboxylic acids is 2. The Kier molecular flexibility index (Phi) is 3.01. The zero-order chi connectivity index (χ0) is 13.6. The highest BCUT2D eigenvalue weighted by Crippen LogP contribution is 2.57. The van der Waals surface area contributed by atoms with Crippen LogP contribution in [0.1, 0.15) is 37.7 Å². The van der Waals surface area contributed by atoms with Crippen LogP contribution in [0.5, 0.6) is 0 Å². The predicted octanol–water partition coefficient (Wildman–Crippen LogP) is 3.00. The molecule has 0 spiro atoms. The average Bonchev–Trinajstić information content (AvgIpc) is 3.14. The van der Waals surface area contributed by atoms with E-state index in [-0.39, 0.29) is 23.1 Å². The van der Waals surface area contributed by atoms with E-state index in [4.69, 9.17) is 0 Å². The van der Waals surface area contributed by atoms with Gasteiger partial charge in [-0.25, -0.2) is 0 Å². The standard InChI is InChI=1S/C15H16BrNO2/c1-15(9-6-7-9)8-12(18)17-14(19)13(15)10-4-2-3-5-11(10)16/h2-5,9,13H,6-8H2,1H3,(H,17,18,19). The summed E-state index contributed by atoms with van der Waals surface area (Å²) in [6.45, 7) is 2.09. The van der Waals surface area contributed by atoms with Gasteiger partial charge >= 0.3 is 0 Å². The van der Waals surface area contributed by atoms with Crippen LogP contribution >= 0.6 is 15.9 Å². The second-order valence-corrected chi connectivity index (χ2v) is 6.68. The van der Waals surface area contributed by atoms with Crippen LogP contribution in [0.3, 0.4) is 0 Å². The molecule has 2 aliphatic rings. The fourth-order valence-electron chi connectivity index (χ4n) is 3.33. The summed E-state index contributed by atoms with van der Waals surface area (Å²) in [5.74, 6) is -0.0480. The van der Waals surface area contributed by atoms with Crippen LogP contribution in [-0.2, 0) is 9.59 Å². The fourth-order valence-corrected chi connectivity index (χ4v) is 3.84. The molecule has 2 unspecified atom stereocenters. The summed E-state index contributed by atoms with van der Waals surface area (Å²) in [5.41, 5.74) is 0.741. The molecule has 1 saturated heterocycles. The zero-order valence-corrected chi connectivity index (χ0v) is 12.4. The van der Waals surface area contributed by atoms with Gasteiger partial charge in [0, 0.05) is 10.9 Å². The molecule has 0 bridgehead atoms. The summed E-state index contributed by atoms with van der Waals surface area (Å²) in [4.78, 5) is 24.1. The Bertz CT molecular complexity index is 553. The van der Waals surface area contributed by atoms with Crippen molar-refractivity contribution in [2.45, 2.75) is 32.1 Å². The number of nitrogens with one attached hydrogen (secondary N) is 1. The van der Waals surface area contributed by atoms with Crippen molar-refractivity contribution < 1.29 is 9.59 Å². The molecule has 1 heterocycles. The summed E-state index contributed by atoms with van der Waals surface area (Å²) >= 11 is 3.53. The molecule has 1 aliphatic heterocycles. The van der Waals surface area contributed by atoms with Crippen molar-refractivity contribution in [3.05, 3.63) is 34.3 Å².